The van der Waals surface area contributed by atoms with E-state index in [2.05, 4.69) is 27.1 Å². The number of fused-ring (bicyclic) bond motifs is 1. The monoisotopic (exact) mass is 447 g/mol. The SMILES string of the molecule is O=C(O)Cc1cc(Cl)c(Oc2ccc3[nH]cc(CC4CCC4)c3c2)c(Br)c1. The van der Waals surface area contributed by atoms with E-state index < -0.39 is 5.97 Å². The zero-order chi connectivity index (χ0) is 19.0. The topological polar surface area (TPSA) is 62.3 Å². The summed E-state index contributed by atoms with van der Waals surface area (Å²) in [5.41, 5.74) is 3.04. The van der Waals surface area contributed by atoms with Gasteiger partial charge in [-0.15, -0.1) is 0 Å². The number of hydrogen-bond donors (Lipinski definition) is 2. The van der Waals surface area contributed by atoms with Gasteiger partial charge in [0.2, 0.25) is 0 Å². The Bertz CT molecular complexity index is 987. The molecule has 1 fully saturated rings. The Labute approximate surface area is 170 Å². The first kappa shape index (κ1) is 18.4. The lowest BCUT2D eigenvalue weighted by Crippen LogP contribution is -2.13. The van der Waals surface area contributed by atoms with Gasteiger partial charge in [0, 0.05) is 17.1 Å². The maximum Gasteiger partial charge on any atom is 0.307 e. The Kier molecular flexibility index (Phi) is 5.15. The minimum Gasteiger partial charge on any atom is -0.481 e. The van der Waals surface area contributed by atoms with E-state index in [1.165, 1.54) is 30.2 Å². The van der Waals surface area contributed by atoms with E-state index in [0.29, 0.717) is 26.6 Å². The van der Waals surface area contributed by atoms with Gasteiger partial charge in [-0.1, -0.05) is 30.9 Å². The molecular weight excluding hydrogens is 430 g/mol. The summed E-state index contributed by atoms with van der Waals surface area (Å²) in [5, 5.41) is 10.5. The fourth-order valence-electron chi connectivity index (χ4n) is 3.50. The Balaban J connectivity index is 1.61. The van der Waals surface area contributed by atoms with E-state index in [1.807, 2.05) is 18.2 Å². The van der Waals surface area contributed by atoms with Gasteiger partial charge in [-0.25, -0.2) is 0 Å². The number of rotatable bonds is 6. The standard InChI is InChI=1S/C21H19BrClNO3/c22-17-7-13(9-20(25)26)8-18(23)21(17)27-15-4-5-19-16(10-15)14(11-24-19)6-12-2-1-3-12/h4-5,7-8,10-12,24H,1-3,6,9H2,(H,25,26). The molecule has 0 aliphatic heterocycles. The molecule has 2 N–H and O–H groups in total. The van der Waals surface area contributed by atoms with Crippen LogP contribution in [0.4, 0.5) is 0 Å². The number of hydrogen-bond acceptors (Lipinski definition) is 2. The molecule has 4 rings (SSSR count). The highest BCUT2D eigenvalue weighted by atomic mass is 79.9. The van der Waals surface area contributed by atoms with Crippen molar-refractivity contribution >= 4 is 44.4 Å². The average Bonchev–Trinajstić information content (AvgIpc) is 2.96. The zero-order valence-electron chi connectivity index (χ0n) is 14.6. The molecule has 0 bridgehead atoms. The van der Waals surface area contributed by atoms with Crippen molar-refractivity contribution in [2.45, 2.75) is 32.1 Å². The average molecular weight is 449 g/mol. The highest BCUT2D eigenvalue weighted by molar-refractivity contribution is 9.10. The second kappa shape index (κ2) is 7.56. The molecule has 6 heteroatoms. The van der Waals surface area contributed by atoms with Gasteiger partial charge in [0.25, 0.3) is 0 Å². The molecule has 2 aromatic carbocycles. The molecule has 1 aliphatic carbocycles. The van der Waals surface area contributed by atoms with E-state index >= 15 is 0 Å². The molecule has 1 saturated carbocycles. The zero-order valence-corrected chi connectivity index (χ0v) is 16.9. The summed E-state index contributed by atoms with van der Waals surface area (Å²) >= 11 is 9.78. The molecule has 0 amide bonds. The van der Waals surface area contributed by atoms with Crippen LogP contribution in [0.15, 0.2) is 41.0 Å². The predicted octanol–water partition coefficient (Wildman–Crippen LogP) is 6.35. The molecule has 140 valence electrons. The van der Waals surface area contributed by atoms with Gasteiger partial charge in [0.1, 0.15) is 5.75 Å². The van der Waals surface area contributed by atoms with Gasteiger partial charge < -0.3 is 14.8 Å². The lowest BCUT2D eigenvalue weighted by Gasteiger charge is -2.24. The lowest BCUT2D eigenvalue weighted by molar-refractivity contribution is -0.136. The summed E-state index contributed by atoms with van der Waals surface area (Å²) in [5.74, 6) is 1.08. The predicted molar refractivity (Wildman–Crippen MR) is 110 cm³/mol. The Morgan fingerprint density at radius 2 is 2.11 bits per heavy atom. The van der Waals surface area contributed by atoms with Crippen molar-refractivity contribution in [3.8, 4) is 11.5 Å². The Hall–Kier alpha value is -1.98. The fourth-order valence-corrected chi connectivity index (χ4v) is 4.49. The molecule has 1 heterocycles. The molecule has 0 radical (unpaired) electrons. The van der Waals surface area contributed by atoms with E-state index in [9.17, 15) is 4.79 Å². The summed E-state index contributed by atoms with van der Waals surface area (Å²) in [6.45, 7) is 0. The van der Waals surface area contributed by atoms with Crippen LogP contribution in [0, 0.1) is 5.92 Å². The summed E-state index contributed by atoms with van der Waals surface area (Å²) < 4.78 is 6.67. The highest BCUT2D eigenvalue weighted by Crippen LogP contribution is 2.39. The number of halogens is 2. The van der Waals surface area contributed by atoms with E-state index in [0.717, 1.165) is 17.9 Å². The molecule has 0 unspecified atom stereocenters. The number of aliphatic carboxylic acids is 1. The van der Waals surface area contributed by atoms with Crippen molar-refractivity contribution < 1.29 is 14.6 Å². The number of nitrogens with one attached hydrogen (secondary N) is 1. The molecule has 4 nitrogen and oxygen atoms in total. The number of benzene rings is 2. The van der Waals surface area contributed by atoms with Gasteiger partial charge in [0.05, 0.1) is 15.9 Å². The van der Waals surface area contributed by atoms with Crippen molar-refractivity contribution in [3.05, 3.63) is 57.2 Å². The third-order valence-electron chi connectivity index (χ3n) is 5.11. The van der Waals surface area contributed by atoms with Crippen LogP contribution in [-0.2, 0) is 17.6 Å². The number of aromatic nitrogens is 1. The highest BCUT2D eigenvalue weighted by Gasteiger charge is 2.19. The maximum absolute atomic E-state index is 10.9. The first-order chi connectivity index (χ1) is 13.0. The van der Waals surface area contributed by atoms with Crippen LogP contribution < -0.4 is 4.74 Å². The molecule has 3 aromatic rings. The van der Waals surface area contributed by atoms with Gasteiger partial charge in [-0.05, 0) is 69.7 Å². The number of carbonyl (C=O) groups is 1. The number of carboxylic acid groups (broad SMARTS) is 1. The molecule has 0 spiro atoms. The maximum atomic E-state index is 10.9. The van der Waals surface area contributed by atoms with Crippen LogP contribution in [0.5, 0.6) is 11.5 Å². The number of H-pyrrole nitrogens is 1. The largest absolute Gasteiger partial charge is 0.481 e. The third-order valence-corrected chi connectivity index (χ3v) is 5.98. The number of ether oxygens (including phenoxy) is 1. The minimum absolute atomic E-state index is 0.0849. The van der Waals surface area contributed by atoms with E-state index in [1.54, 1.807) is 12.1 Å². The molecule has 1 aliphatic rings. The molecular formula is C21H19BrClNO3. The number of carboxylic acids is 1. The molecule has 27 heavy (non-hydrogen) atoms. The van der Waals surface area contributed by atoms with Crippen LogP contribution in [0.25, 0.3) is 10.9 Å². The molecule has 0 saturated heterocycles. The summed E-state index contributed by atoms with van der Waals surface area (Å²) in [7, 11) is 0. The summed E-state index contributed by atoms with van der Waals surface area (Å²) in [6, 6.07) is 9.31. The van der Waals surface area contributed by atoms with Gasteiger partial charge in [-0.3, -0.25) is 4.79 Å². The third kappa shape index (κ3) is 3.99. The molecule has 0 atom stereocenters. The van der Waals surface area contributed by atoms with Gasteiger partial charge in [-0.2, -0.15) is 0 Å². The Morgan fingerprint density at radius 1 is 1.30 bits per heavy atom. The van der Waals surface area contributed by atoms with Crippen LogP contribution >= 0.6 is 27.5 Å². The van der Waals surface area contributed by atoms with Crippen LogP contribution in [0.2, 0.25) is 5.02 Å². The number of aromatic amines is 1. The summed E-state index contributed by atoms with van der Waals surface area (Å²) in [4.78, 5) is 14.2. The second-order valence-electron chi connectivity index (χ2n) is 7.08. The van der Waals surface area contributed by atoms with Crippen molar-refractivity contribution in [1.29, 1.82) is 0 Å². The van der Waals surface area contributed by atoms with Crippen LogP contribution in [-0.4, -0.2) is 16.1 Å². The van der Waals surface area contributed by atoms with Gasteiger partial charge in [0.15, 0.2) is 5.75 Å². The Morgan fingerprint density at radius 3 is 2.78 bits per heavy atom. The van der Waals surface area contributed by atoms with Gasteiger partial charge >= 0.3 is 5.97 Å². The minimum atomic E-state index is -0.900. The lowest BCUT2D eigenvalue weighted by atomic mass is 9.81. The van der Waals surface area contributed by atoms with Crippen molar-refractivity contribution in [2.75, 3.05) is 0 Å². The summed E-state index contributed by atoms with van der Waals surface area (Å²) in [6.07, 6.45) is 7.07. The van der Waals surface area contributed by atoms with Crippen LogP contribution in [0.1, 0.15) is 30.4 Å². The smallest absolute Gasteiger partial charge is 0.307 e. The van der Waals surface area contributed by atoms with E-state index in [-0.39, 0.29) is 6.42 Å². The second-order valence-corrected chi connectivity index (χ2v) is 8.35. The van der Waals surface area contributed by atoms with Crippen molar-refractivity contribution in [2.24, 2.45) is 5.92 Å². The first-order valence-corrected chi connectivity index (χ1v) is 10.1. The van der Waals surface area contributed by atoms with Crippen molar-refractivity contribution in [3.63, 3.8) is 0 Å². The quantitative estimate of drug-likeness (QED) is 0.462. The fraction of sp³-hybridized carbons (Fsp3) is 0.286. The molecule has 1 aromatic heterocycles. The van der Waals surface area contributed by atoms with Crippen LogP contribution in [0.3, 0.4) is 0 Å². The van der Waals surface area contributed by atoms with Crippen molar-refractivity contribution in [1.82, 2.24) is 4.98 Å². The van der Waals surface area contributed by atoms with E-state index in [4.69, 9.17) is 21.4 Å². The normalized spacial score (nSPS) is 14.3. The first-order valence-electron chi connectivity index (χ1n) is 8.97.